The Morgan fingerprint density at radius 1 is 1.19 bits per heavy atom. The molecule has 0 saturated carbocycles. The molecule has 0 bridgehead atoms. The zero-order valence-corrected chi connectivity index (χ0v) is 14.7. The van der Waals surface area contributed by atoms with Crippen molar-refractivity contribution in [3.63, 3.8) is 0 Å². The van der Waals surface area contributed by atoms with Crippen molar-refractivity contribution in [1.82, 2.24) is 4.90 Å². The number of benzene rings is 1. The summed E-state index contributed by atoms with van der Waals surface area (Å²) < 4.78 is 5.12. The third kappa shape index (κ3) is 5.58. The van der Waals surface area contributed by atoms with Crippen molar-refractivity contribution in [1.29, 1.82) is 0 Å². The van der Waals surface area contributed by atoms with Gasteiger partial charge >= 0.3 is 5.97 Å². The summed E-state index contributed by atoms with van der Waals surface area (Å²) in [6, 6.07) is 6.03. The fraction of sp³-hybridized carbons (Fsp3) is 0.444. The smallest absolute Gasteiger partial charge is 0.326 e. The second kappa shape index (κ2) is 8.98. The first-order valence-electron chi connectivity index (χ1n) is 8.55. The van der Waals surface area contributed by atoms with Gasteiger partial charge in [-0.1, -0.05) is 6.42 Å². The van der Waals surface area contributed by atoms with Gasteiger partial charge in [-0.3, -0.25) is 19.2 Å². The molecule has 140 valence electrons. The van der Waals surface area contributed by atoms with E-state index in [4.69, 9.17) is 10.5 Å². The van der Waals surface area contributed by atoms with E-state index in [2.05, 4.69) is 5.32 Å². The van der Waals surface area contributed by atoms with Gasteiger partial charge in [-0.2, -0.15) is 0 Å². The van der Waals surface area contributed by atoms with Gasteiger partial charge in [-0.15, -0.1) is 0 Å². The third-order valence-electron chi connectivity index (χ3n) is 4.11. The van der Waals surface area contributed by atoms with Crippen molar-refractivity contribution >= 4 is 29.4 Å². The summed E-state index contributed by atoms with van der Waals surface area (Å²) in [5.74, 6) is -1.75. The summed E-state index contributed by atoms with van der Waals surface area (Å²) in [4.78, 5) is 48.5. The Bertz CT molecular complexity index is 687. The Balaban J connectivity index is 1.84. The number of rotatable bonds is 6. The monoisotopic (exact) mass is 361 g/mol. The number of carbonyl (C=O) groups excluding carboxylic acids is 4. The molecule has 1 saturated heterocycles. The fourth-order valence-electron chi connectivity index (χ4n) is 2.61. The molecule has 1 atom stereocenters. The fourth-order valence-corrected chi connectivity index (χ4v) is 2.61. The van der Waals surface area contributed by atoms with E-state index in [0.717, 1.165) is 19.3 Å². The highest BCUT2D eigenvalue weighted by molar-refractivity contribution is 5.97. The molecule has 0 radical (unpaired) electrons. The summed E-state index contributed by atoms with van der Waals surface area (Å²) in [5.41, 5.74) is 5.93. The lowest BCUT2D eigenvalue weighted by atomic mass is 10.2. The predicted molar refractivity (Wildman–Crippen MR) is 94.2 cm³/mol. The number of ether oxygens (including phenoxy) is 1. The molecule has 8 nitrogen and oxygen atoms in total. The van der Waals surface area contributed by atoms with Crippen LogP contribution in [0.25, 0.3) is 0 Å². The first-order valence-corrected chi connectivity index (χ1v) is 8.55. The minimum atomic E-state index is -1.01. The zero-order valence-electron chi connectivity index (χ0n) is 14.7. The first kappa shape index (κ1) is 19.4. The van der Waals surface area contributed by atoms with E-state index in [-0.39, 0.29) is 12.5 Å². The molecule has 0 aliphatic carbocycles. The summed E-state index contributed by atoms with van der Waals surface area (Å²) >= 11 is 0. The van der Waals surface area contributed by atoms with Gasteiger partial charge in [0, 0.05) is 24.2 Å². The molecule has 1 fully saturated rings. The Morgan fingerprint density at radius 3 is 2.54 bits per heavy atom. The minimum Gasteiger partial charge on any atom is -0.451 e. The molecule has 3 N–H and O–H groups in total. The number of nitrogens with zero attached hydrogens (tertiary/aromatic N) is 1. The van der Waals surface area contributed by atoms with E-state index < -0.39 is 23.9 Å². The molecule has 1 aromatic rings. The van der Waals surface area contributed by atoms with Crippen LogP contribution in [-0.2, 0) is 19.1 Å². The van der Waals surface area contributed by atoms with Crippen molar-refractivity contribution in [3.05, 3.63) is 29.8 Å². The van der Waals surface area contributed by atoms with Crippen LogP contribution in [-0.4, -0.2) is 47.8 Å². The minimum absolute atomic E-state index is 0.0638. The number of likely N-dealkylation sites (tertiary alicyclic amines) is 1. The number of hydrogen-bond donors (Lipinski definition) is 2. The van der Waals surface area contributed by atoms with Crippen LogP contribution in [0.5, 0.6) is 0 Å². The number of hydrogen-bond acceptors (Lipinski definition) is 5. The Kier molecular flexibility index (Phi) is 6.71. The lowest BCUT2D eigenvalue weighted by Gasteiger charge is -2.20. The van der Waals surface area contributed by atoms with Gasteiger partial charge in [0.15, 0.2) is 6.10 Å². The Labute approximate surface area is 151 Å². The maximum atomic E-state index is 12.1. The maximum absolute atomic E-state index is 12.1. The molecular formula is C18H23N3O5. The highest BCUT2D eigenvalue weighted by Gasteiger charge is 2.23. The molecule has 26 heavy (non-hydrogen) atoms. The van der Waals surface area contributed by atoms with E-state index in [1.54, 1.807) is 0 Å². The number of carbonyl (C=O) groups is 4. The van der Waals surface area contributed by atoms with Gasteiger partial charge in [-0.05, 0) is 44.0 Å². The largest absolute Gasteiger partial charge is 0.451 e. The van der Waals surface area contributed by atoms with Crippen LogP contribution in [0.15, 0.2) is 24.3 Å². The van der Waals surface area contributed by atoms with Crippen LogP contribution in [0.1, 0.15) is 43.0 Å². The van der Waals surface area contributed by atoms with E-state index in [1.807, 2.05) is 0 Å². The number of primary amides is 1. The van der Waals surface area contributed by atoms with Gasteiger partial charge in [-0.25, -0.2) is 0 Å². The summed E-state index contributed by atoms with van der Waals surface area (Å²) in [5, 5.41) is 2.59. The maximum Gasteiger partial charge on any atom is 0.326 e. The standard InChI is InChI=1S/C18H23N3O5/c1-12(18(25)20-14-8-6-13(7-9-14)17(19)24)26-16(23)11-21-10-4-2-3-5-15(21)22/h6-9,12H,2-5,10-11H2,1H3,(H2,19,24)(H,20,25)/t12-/m0/s1. The highest BCUT2D eigenvalue weighted by atomic mass is 16.5. The molecule has 2 rings (SSSR count). The lowest BCUT2D eigenvalue weighted by molar-refractivity contribution is -0.156. The Hall–Kier alpha value is -2.90. The van der Waals surface area contributed by atoms with Crippen LogP contribution in [0.4, 0.5) is 5.69 Å². The van der Waals surface area contributed by atoms with Crippen molar-refractivity contribution in [2.45, 2.75) is 38.7 Å². The molecule has 0 aromatic heterocycles. The molecule has 3 amide bonds. The molecule has 1 aromatic carbocycles. The van der Waals surface area contributed by atoms with Crippen molar-refractivity contribution in [2.24, 2.45) is 5.73 Å². The quantitative estimate of drug-likeness (QED) is 0.734. The van der Waals surface area contributed by atoms with Crippen LogP contribution in [0.3, 0.4) is 0 Å². The average molecular weight is 361 g/mol. The average Bonchev–Trinajstić information content (AvgIpc) is 2.79. The third-order valence-corrected chi connectivity index (χ3v) is 4.11. The Morgan fingerprint density at radius 2 is 1.88 bits per heavy atom. The normalized spacial score (nSPS) is 15.7. The van der Waals surface area contributed by atoms with Gasteiger partial charge < -0.3 is 20.7 Å². The number of nitrogens with one attached hydrogen (secondary N) is 1. The first-order chi connectivity index (χ1) is 12.4. The number of esters is 1. The molecule has 0 spiro atoms. The van der Waals surface area contributed by atoms with Crippen LogP contribution < -0.4 is 11.1 Å². The van der Waals surface area contributed by atoms with Gasteiger partial charge in [0.1, 0.15) is 6.54 Å². The molecule has 8 heteroatoms. The van der Waals surface area contributed by atoms with Crippen molar-refractivity contribution in [2.75, 3.05) is 18.4 Å². The second-order valence-corrected chi connectivity index (χ2v) is 6.19. The second-order valence-electron chi connectivity index (χ2n) is 6.19. The number of amides is 3. The van der Waals surface area contributed by atoms with Crippen molar-refractivity contribution in [3.8, 4) is 0 Å². The van der Waals surface area contributed by atoms with E-state index in [1.165, 1.54) is 36.1 Å². The summed E-state index contributed by atoms with van der Waals surface area (Å²) in [6.07, 6.45) is 2.07. The lowest BCUT2D eigenvalue weighted by Crippen LogP contribution is -2.38. The molecule has 1 aliphatic heterocycles. The SMILES string of the molecule is C[C@H](OC(=O)CN1CCCCCC1=O)C(=O)Nc1ccc(C(N)=O)cc1. The predicted octanol–water partition coefficient (Wildman–Crippen LogP) is 1.06. The van der Waals surface area contributed by atoms with Crippen LogP contribution in [0, 0.1) is 0 Å². The van der Waals surface area contributed by atoms with E-state index in [0.29, 0.717) is 24.2 Å². The van der Waals surface area contributed by atoms with Crippen LogP contribution in [0.2, 0.25) is 0 Å². The summed E-state index contributed by atoms with van der Waals surface area (Å²) in [6.45, 7) is 1.83. The van der Waals surface area contributed by atoms with Crippen LogP contribution >= 0.6 is 0 Å². The number of anilines is 1. The molecule has 1 aliphatic rings. The van der Waals surface area contributed by atoms with Gasteiger partial charge in [0.25, 0.3) is 5.91 Å². The molecule has 0 unspecified atom stereocenters. The van der Waals surface area contributed by atoms with Gasteiger partial charge in [0.05, 0.1) is 0 Å². The topological polar surface area (TPSA) is 119 Å². The summed E-state index contributed by atoms with van der Waals surface area (Å²) in [7, 11) is 0. The highest BCUT2D eigenvalue weighted by Crippen LogP contribution is 2.12. The van der Waals surface area contributed by atoms with Gasteiger partial charge in [0.2, 0.25) is 11.8 Å². The van der Waals surface area contributed by atoms with E-state index >= 15 is 0 Å². The molecule has 1 heterocycles. The van der Waals surface area contributed by atoms with E-state index in [9.17, 15) is 19.2 Å². The number of nitrogens with two attached hydrogens (primary N) is 1. The van der Waals surface area contributed by atoms with Crippen molar-refractivity contribution < 1.29 is 23.9 Å². The zero-order chi connectivity index (χ0) is 19.1. The molecular weight excluding hydrogens is 338 g/mol.